The summed E-state index contributed by atoms with van der Waals surface area (Å²) in [6.07, 6.45) is 3.53. The van der Waals surface area contributed by atoms with Gasteiger partial charge in [0.05, 0.1) is 15.6 Å². The van der Waals surface area contributed by atoms with Crippen LogP contribution in [0.15, 0.2) is 12.1 Å². The number of piperidine rings is 1. The molecular weight excluding hydrogens is 300 g/mol. The van der Waals surface area contributed by atoms with E-state index in [1.165, 1.54) is 12.1 Å². The van der Waals surface area contributed by atoms with Crippen LogP contribution in [0.1, 0.15) is 43.0 Å². The van der Waals surface area contributed by atoms with E-state index in [4.69, 9.17) is 23.2 Å². The number of carbonyl (C=O) groups is 1. The van der Waals surface area contributed by atoms with Crippen molar-refractivity contribution in [3.8, 4) is 0 Å². The standard InChI is InChI=1S/C15H18Cl2FNO/c1-2-9-5-6-19-10(7-9)8-13(20)14-11(16)3-4-12(18)15(14)17/h3-4,9-10,19H,2,5-8H2,1H3. The molecule has 1 saturated heterocycles. The summed E-state index contributed by atoms with van der Waals surface area (Å²) in [4.78, 5) is 12.3. The van der Waals surface area contributed by atoms with Crippen molar-refractivity contribution < 1.29 is 9.18 Å². The van der Waals surface area contributed by atoms with Crippen LogP contribution in [-0.4, -0.2) is 18.4 Å². The van der Waals surface area contributed by atoms with E-state index in [1.807, 2.05) is 0 Å². The van der Waals surface area contributed by atoms with Gasteiger partial charge in [-0.3, -0.25) is 4.79 Å². The van der Waals surface area contributed by atoms with Crippen molar-refractivity contribution in [1.82, 2.24) is 5.32 Å². The van der Waals surface area contributed by atoms with Gasteiger partial charge in [0.1, 0.15) is 5.82 Å². The number of halogens is 3. The third-order valence-electron chi connectivity index (χ3n) is 3.94. The number of carbonyl (C=O) groups excluding carboxylic acids is 1. The molecule has 2 rings (SSSR count). The Kier molecular flexibility index (Phi) is 5.42. The highest BCUT2D eigenvalue weighted by Crippen LogP contribution is 2.30. The summed E-state index contributed by atoms with van der Waals surface area (Å²) in [5.74, 6) is -0.163. The van der Waals surface area contributed by atoms with E-state index < -0.39 is 5.82 Å². The molecule has 2 unspecified atom stereocenters. The van der Waals surface area contributed by atoms with E-state index >= 15 is 0 Å². The van der Waals surface area contributed by atoms with E-state index in [1.54, 1.807) is 0 Å². The van der Waals surface area contributed by atoms with Gasteiger partial charge >= 0.3 is 0 Å². The molecule has 0 aromatic heterocycles. The lowest BCUT2D eigenvalue weighted by molar-refractivity contribution is 0.0957. The minimum absolute atomic E-state index is 0.105. The Morgan fingerprint density at radius 1 is 1.45 bits per heavy atom. The predicted molar refractivity (Wildman–Crippen MR) is 80.2 cm³/mol. The minimum Gasteiger partial charge on any atom is -0.314 e. The van der Waals surface area contributed by atoms with E-state index in [2.05, 4.69) is 12.2 Å². The first-order valence-corrected chi connectivity index (χ1v) is 7.68. The summed E-state index contributed by atoms with van der Waals surface area (Å²) in [5, 5.41) is 3.37. The molecule has 1 aromatic rings. The summed E-state index contributed by atoms with van der Waals surface area (Å²) in [5.41, 5.74) is 0.105. The number of rotatable bonds is 4. The summed E-state index contributed by atoms with van der Waals surface area (Å²) in [7, 11) is 0. The van der Waals surface area contributed by atoms with Crippen LogP contribution in [0.3, 0.4) is 0 Å². The first kappa shape index (κ1) is 15.7. The van der Waals surface area contributed by atoms with Crippen LogP contribution in [0, 0.1) is 11.7 Å². The van der Waals surface area contributed by atoms with Crippen LogP contribution < -0.4 is 5.32 Å². The van der Waals surface area contributed by atoms with Gasteiger partial charge in [0.15, 0.2) is 5.78 Å². The summed E-state index contributed by atoms with van der Waals surface area (Å²) < 4.78 is 13.5. The van der Waals surface area contributed by atoms with Crippen molar-refractivity contribution in [2.24, 2.45) is 5.92 Å². The zero-order valence-corrected chi connectivity index (χ0v) is 12.9. The lowest BCUT2D eigenvalue weighted by atomic mass is 9.87. The Labute approximate surface area is 128 Å². The molecule has 0 aliphatic carbocycles. The number of Topliss-reactive ketones (excluding diaryl/α,β-unsaturated/α-hetero) is 1. The zero-order valence-electron chi connectivity index (χ0n) is 11.4. The normalized spacial score (nSPS) is 22.8. The quantitative estimate of drug-likeness (QED) is 0.655. The number of nitrogens with one attached hydrogen (secondary N) is 1. The zero-order chi connectivity index (χ0) is 14.7. The first-order chi connectivity index (χ1) is 9.52. The number of hydrogen-bond acceptors (Lipinski definition) is 2. The maximum atomic E-state index is 13.5. The van der Waals surface area contributed by atoms with Crippen LogP contribution in [0.25, 0.3) is 0 Å². The van der Waals surface area contributed by atoms with Crippen LogP contribution in [-0.2, 0) is 0 Å². The van der Waals surface area contributed by atoms with E-state index in [-0.39, 0.29) is 27.4 Å². The average molecular weight is 318 g/mol. The van der Waals surface area contributed by atoms with Crippen LogP contribution in [0.4, 0.5) is 4.39 Å². The van der Waals surface area contributed by atoms with E-state index in [9.17, 15) is 9.18 Å². The molecule has 1 N–H and O–H groups in total. The van der Waals surface area contributed by atoms with Crippen molar-refractivity contribution in [3.05, 3.63) is 33.6 Å². The van der Waals surface area contributed by atoms with Gasteiger partial charge in [-0.15, -0.1) is 0 Å². The van der Waals surface area contributed by atoms with Gasteiger partial charge in [-0.1, -0.05) is 36.5 Å². The molecule has 5 heteroatoms. The Morgan fingerprint density at radius 3 is 2.90 bits per heavy atom. The Morgan fingerprint density at radius 2 is 2.20 bits per heavy atom. The van der Waals surface area contributed by atoms with Gasteiger partial charge in [-0.2, -0.15) is 0 Å². The molecule has 2 nitrogen and oxygen atoms in total. The maximum Gasteiger partial charge on any atom is 0.167 e. The fraction of sp³-hybridized carbons (Fsp3) is 0.533. The predicted octanol–water partition coefficient (Wildman–Crippen LogP) is 4.48. The lowest BCUT2D eigenvalue weighted by Crippen LogP contribution is -2.39. The molecule has 0 radical (unpaired) electrons. The van der Waals surface area contributed by atoms with Crippen molar-refractivity contribution in [1.29, 1.82) is 0 Å². The van der Waals surface area contributed by atoms with Crippen molar-refractivity contribution >= 4 is 29.0 Å². The molecule has 1 aliphatic heterocycles. The first-order valence-electron chi connectivity index (χ1n) is 6.93. The van der Waals surface area contributed by atoms with Gasteiger partial charge in [0.25, 0.3) is 0 Å². The topological polar surface area (TPSA) is 29.1 Å². The van der Waals surface area contributed by atoms with E-state index in [0.29, 0.717) is 12.3 Å². The second-order valence-corrected chi connectivity index (χ2v) is 6.08. The molecule has 0 spiro atoms. The lowest BCUT2D eigenvalue weighted by Gasteiger charge is -2.29. The number of hydrogen-bond donors (Lipinski definition) is 1. The SMILES string of the molecule is CCC1CCNC(CC(=O)c2c(Cl)ccc(F)c2Cl)C1. The molecule has 110 valence electrons. The van der Waals surface area contributed by atoms with Gasteiger partial charge in [-0.05, 0) is 37.4 Å². The fourth-order valence-corrected chi connectivity index (χ4v) is 3.31. The third-order valence-corrected chi connectivity index (χ3v) is 4.62. The van der Waals surface area contributed by atoms with Gasteiger partial charge in [-0.25, -0.2) is 4.39 Å². The molecule has 1 heterocycles. The monoisotopic (exact) mass is 317 g/mol. The summed E-state index contributed by atoms with van der Waals surface area (Å²) in [6, 6.07) is 2.67. The Bertz CT molecular complexity index is 507. The summed E-state index contributed by atoms with van der Waals surface area (Å²) in [6.45, 7) is 3.08. The van der Waals surface area contributed by atoms with Crippen LogP contribution in [0.5, 0.6) is 0 Å². The minimum atomic E-state index is -0.609. The van der Waals surface area contributed by atoms with Crippen molar-refractivity contribution in [3.63, 3.8) is 0 Å². The molecule has 1 fully saturated rings. The van der Waals surface area contributed by atoms with Gasteiger partial charge in [0, 0.05) is 12.5 Å². The molecule has 1 aromatic carbocycles. The van der Waals surface area contributed by atoms with E-state index in [0.717, 1.165) is 25.8 Å². The summed E-state index contributed by atoms with van der Waals surface area (Å²) >= 11 is 11.8. The molecule has 0 amide bonds. The van der Waals surface area contributed by atoms with Gasteiger partial charge in [0.2, 0.25) is 0 Å². The number of benzene rings is 1. The van der Waals surface area contributed by atoms with Gasteiger partial charge < -0.3 is 5.32 Å². The highest BCUT2D eigenvalue weighted by atomic mass is 35.5. The highest BCUT2D eigenvalue weighted by Gasteiger charge is 2.25. The molecular formula is C15H18Cl2FNO. The van der Waals surface area contributed by atoms with Crippen molar-refractivity contribution in [2.45, 2.75) is 38.6 Å². The molecule has 0 saturated carbocycles. The fourth-order valence-electron chi connectivity index (χ4n) is 2.73. The highest BCUT2D eigenvalue weighted by molar-refractivity contribution is 6.39. The molecule has 1 aliphatic rings. The smallest absolute Gasteiger partial charge is 0.167 e. The van der Waals surface area contributed by atoms with Crippen molar-refractivity contribution in [2.75, 3.05) is 6.54 Å². The Balaban J connectivity index is 2.11. The Hall–Kier alpha value is -0.640. The largest absolute Gasteiger partial charge is 0.314 e. The number of ketones is 1. The second-order valence-electron chi connectivity index (χ2n) is 5.30. The second kappa shape index (κ2) is 6.88. The molecule has 0 bridgehead atoms. The average Bonchev–Trinajstić information content (AvgIpc) is 2.43. The molecule has 2 atom stereocenters. The third kappa shape index (κ3) is 3.51. The molecule has 20 heavy (non-hydrogen) atoms. The maximum absolute atomic E-state index is 13.5. The van der Waals surface area contributed by atoms with Crippen LogP contribution in [0.2, 0.25) is 10.0 Å². The van der Waals surface area contributed by atoms with Crippen LogP contribution >= 0.6 is 23.2 Å².